The lowest BCUT2D eigenvalue weighted by Crippen LogP contribution is -2.35. The van der Waals surface area contributed by atoms with Crippen LogP contribution in [0, 0.1) is 0 Å². The number of aromatic nitrogens is 4. The number of nitrogens with two attached hydrogens (primary N) is 1. The van der Waals surface area contributed by atoms with Crippen LogP contribution >= 0.6 is 0 Å². The smallest absolute Gasteiger partial charge is 0.167 e. The minimum Gasteiger partial charge on any atom is -0.394 e. The molecule has 0 aliphatic carbocycles. The van der Waals surface area contributed by atoms with E-state index >= 15 is 0 Å². The average molecular weight is 269 g/mol. The summed E-state index contributed by atoms with van der Waals surface area (Å²) in [7, 11) is 0. The molecule has 0 saturated heterocycles. The van der Waals surface area contributed by atoms with E-state index in [0.717, 1.165) is 0 Å². The summed E-state index contributed by atoms with van der Waals surface area (Å²) in [6.45, 7) is -0.897. The van der Waals surface area contributed by atoms with Gasteiger partial charge in [-0.25, -0.2) is 15.0 Å². The number of anilines is 1. The van der Waals surface area contributed by atoms with E-state index in [0.29, 0.717) is 11.2 Å². The third-order valence-corrected chi connectivity index (χ3v) is 2.65. The number of aliphatic hydroxyl groups is 3. The Labute approximate surface area is 108 Å². The highest BCUT2D eigenvalue weighted by molar-refractivity contribution is 5.80. The highest BCUT2D eigenvalue weighted by atomic mass is 16.5. The zero-order valence-electron chi connectivity index (χ0n) is 10.0. The molecule has 104 valence electrons. The lowest BCUT2D eigenvalue weighted by Gasteiger charge is -2.19. The van der Waals surface area contributed by atoms with Gasteiger partial charge in [-0.15, -0.1) is 0 Å². The van der Waals surface area contributed by atoms with E-state index in [4.69, 9.17) is 20.7 Å². The van der Waals surface area contributed by atoms with Crippen molar-refractivity contribution in [3.63, 3.8) is 0 Å². The van der Waals surface area contributed by atoms with Crippen molar-refractivity contribution in [3.05, 3.63) is 12.7 Å². The fourth-order valence-corrected chi connectivity index (χ4v) is 1.57. The van der Waals surface area contributed by atoms with Crippen LogP contribution in [0.5, 0.6) is 0 Å². The zero-order chi connectivity index (χ0) is 13.8. The molecule has 0 spiro atoms. The molecule has 2 rings (SSSR count). The van der Waals surface area contributed by atoms with E-state index in [1.807, 2.05) is 0 Å². The number of nitrogen functional groups attached to an aromatic ring is 1. The van der Waals surface area contributed by atoms with Gasteiger partial charge in [0.15, 0.2) is 11.5 Å². The van der Waals surface area contributed by atoms with Gasteiger partial charge in [-0.1, -0.05) is 0 Å². The van der Waals surface area contributed by atoms with Gasteiger partial charge in [-0.2, -0.15) is 0 Å². The van der Waals surface area contributed by atoms with Gasteiger partial charge in [-0.3, -0.25) is 4.57 Å². The van der Waals surface area contributed by atoms with Crippen LogP contribution in [0.25, 0.3) is 11.2 Å². The molecule has 0 saturated carbocycles. The molecule has 0 bridgehead atoms. The monoisotopic (exact) mass is 269 g/mol. The Morgan fingerprint density at radius 1 is 1.26 bits per heavy atom. The Hall–Kier alpha value is -1.81. The number of fused-ring (bicyclic) bond motifs is 1. The van der Waals surface area contributed by atoms with Crippen LogP contribution in [0.4, 0.5) is 5.82 Å². The normalized spacial score (nSPS) is 14.7. The number of nitrogens with zero attached hydrogens (tertiary/aromatic N) is 4. The molecule has 2 aromatic heterocycles. The first-order valence-electron chi connectivity index (χ1n) is 5.60. The van der Waals surface area contributed by atoms with E-state index < -0.39 is 25.4 Å². The van der Waals surface area contributed by atoms with Crippen LogP contribution in [0.15, 0.2) is 12.7 Å². The van der Waals surface area contributed by atoms with E-state index in [-0.39, 0.29) is 12.5 Å². The number of hydrogen-bond acceptors (Lipinski definition) is 8. The summed E-state index contributed by atoms with van der Waals surface area (Å²) in [5.41, 5.74) is 6.58. The quantitative estimate of drug-likeness (QED) is 0.476. The summed E-state index contributed by atoms with van der Waals surface area (Å²) < 4.78 is 6.85. The maximum Gasteiger partial charge on any atom is 0.167 e. The summed E-state index contributed by atoms with van der Waals surface area (Å²) in [6, 6.07) is 0. The lowest BCUT2D eigenvalue weighted by atomic mass is 10.2. The third kappa shape index (κ3) is 2.79. The number of imidazole rings is 1. The molecule has 0 amide bonds. The Kier molecular flexibility index (Phi) is 4.22. The minimum absolute atomic E-state index is 0.00917. The van der Waals surface area contributed by atoms with Gasteiger partial charge < -0.3 is 25.8 Å². The van der Waals surface area contributed by atoms with Gasteiger partial charge in [0.25, 0.3) is 0 Å². The summed E-state index contributed by atoms with van der Waals surface area (Å²) >= 11 is 0. The fraction of sp³-hybridized carbons (Fsp3) is 0.500. The molecule has 19 heavy (non-hydrogen) atoms. The van der Waals surface area contributed by atoms with Crippen molar-refractivity contribution in [1.29, 1.82) is 0 Å². The molecule has 0 aliphatic rings. The van der Waals surface area contributed by atoms with Crippen molar-refractivity contribution >= 4 is 17.0 Å². The van der Waals surface area contributed by atoms with Crippen LogP contribution in [-0.2, 0) is 11.5 Å². The Morgan fingerprint density at radius 2 is 2.05 bits per heavy atom. The predicted octanol–water partition coefficient (Wildman–Crippen LogP) is -1.90. The van der Waals surface area contributed by atoms with Gasteiger partial charge in [-0.05, 0) is 0 Å². The molecule has 9 nitrogen and oxygen atoms in total. The van der Waals surface area contributed by atoms with Crippen molar-refractivity contribution in [2.75, 3.05) is 18.9 Å². The second-order valence-electron chi connectivity index (χ2n) is 3.91. The molecule has 0 aliphatic heterocycles. The topological polar surface area (TPSA) is 140 Å². The molecule has 2 atom stereocenters. The van der Waals surface area contributed by atoms with Crippen LogP contribution in [-0.4, -0.2) is 60.3 Å². The third-order valence-electron chi connectivity index (χ3n) is 2.65. The standard InChI is InChI=1S/C10H15N5O4/c11-9-8-10(13-3-12-9)15(4-14-8)5-19-7(2-17)6(18)1-16/h3-4,6-7,16-18H,1-2,5H2,(H2,11,12,13). The largest absolute Gasteiger partial charge is 0.394 e. The first kappa shape index (κ1) is 13.6. The number of aliphatic hydroxyl groups excluding tert-OH is 3. The maximum atomic E-state index is 9.40. The Balaban J connectivity index is 2.11. The second-order valence-corrected chi connectivity index (χ2v) is 3.91. The van der Waals surface area contributed by atoms with Crippen molar-refractivity contribution in [2.24, 2.45) is 0 Å². The molecular formula is C10H15N5O4. The second kappa shape index (κ2) is 5.89. The zero-order valence-corrected chi connectivity index (χ0v) is 10.0. The molecule has 9 heteroatoms. The Bertz CT molecular complexity index is 546. The first-order chi connectivity index (χ1) is 9.17. The van der Waals surface area contributed by atoms with E-state index in [9.17, 15) is 5.11 Å². The molecule has 0 aromatic carbocycles. The van der Waals surface area contributed by atoms with Gasteiger partial charge >= 0.3 is 0 Å². The molecule has 0 radical (unpaired) electrons. The summed E-state index contributed by atoms with van der Waals surface area (Å²) in [4.78, 5) is 11.9. The van der Waals surface area contributed by atoms with Gasteiger partial charge in [0.1, 0.15) is 30.8 Å². The number of ether oxygens (including phenoxy) is 1. The summed E-state index contributed by atoms with van der Waals surface area (Å²) in [5.74, 6) is 0.262. The van der Waals surface area contributed by atoms with Crippen molar-refractivity contribution in [3.8, 4) is 0 Å². The van der Waals surface area contributed by atoms with Gasteiger partial charge in [0, 0.05) is 0 Å². The van der Waals surface area contributed by atoms with Crippen LogP contribution < -0.4 is 5.73 Å². The van der Waals surface area contributed by atoms with Crippen molar-refractivity contribution < 1.29 is 20.1 Å². The van der Waals surface area contributed by atoms with Gasteiger partial charge in [0.2, 0.25) is 0 Å². The fourth-order valence-electron chi connectivity index (χ4n) is 1.57. The predicted molar refractivity (Wildman–Crippen MR) is 64.8 cm³/mol. The molecular weight excluding hydrogens is 254 g/mol. The highest BCUT2D eigenvalue weighted by Gasteiger charge is 2.18. The van der Waals surface area contributed by atoms with E-state index in [1.165, 1.54) is 12.7 Å². The van der Waals surface area contributed by atoms with Crippen LogP contribution in [0.3, 0.4) is 0 Å². The average Bonchev–Trinajstić information content (AvgIpc) is 2.84. The minimum atomic E-state index is -1.15. The van der Waals surface area contributed by atoms with E-state index in [1.54, 1.807) is 4.57 Å². The molecule has 0 fully saturated rings. The Morgan fingerprint density at radius 3 is 2.74 bits per heavy atom. The van der Waals surface area contributed by atoms with Crippen LogP contribution in [0.2, 0.25) is 0 Å². The molecule has 2 heterocycles. The first-order valence-corrected chi connectivity index (χ1v) is 5.60. The summed E-state index contributed by atoms with van der Waals surface area (Å²) in [6.07, 6.45) is 0.735. The van der Waals surface area contributed by atoms with Gasteiger partial charge in [0.05, 0.1) is 19.5 Å². The van der Waals surface area contributed by atoms with Crippen LogP contribution in [0.1, 0.15) is 0 Å². The molecule has 5 N–H and O–H groups in total. The SMILES string of the molecule is Nc1ncnc2c1ncn2COC(CO)C(O)CO. The highest BCUT2D eigenvalue weighted by Crippen LogP contribution is 2.14. The molecule has 2 aromatic rings. The number of hydrogen-bond donors (Lipinski definition) is 4. The summed E-state index contributed by atoms with van der Waals surface area (Å²) in [5, 5.41) is 27.2. The molecule has 2 unspecified atom stereocenters. The van der Waals surface area contributed by atoms with Crippen molar-refractivity contribution in [2.45, 2.75) is 18.9 Å². The lowest BCUT2D eigenvalue weighted by molar-refractivity contribution is -0.0997. The maximum absolute atomic E-state index is 9.40. The van der Waals surface area contributed by atoms with E-state index in [2.05, 4.69) is 15.0 Å². The van der Waals surface area contributed by atoms with Crippen molar-refractivity contribution in [1.82, 2.24) is 19.5 Å². The number of rotatable bonds is 6.